The zero-order valence-electron chi connectivity index (χ0n) is 23.7. The van der Waals surface area contributed by atoms with E-state index in [2.05, 4.69) is 17.1 Å². The fraction of sp³-hybridized carbons (Fsp3) is 0.250. The third kappa shape index (κ3) is 6.12. The van der Waals surface area contributed by atoms with Gasteiger partial charge in [-0.3, -0.25) is 14.5 Å². The van der Waals surface area contributed by atoms with Crippen LogP contribution in [0.4, 0.5) is 5.13 Å². The number of fused-ring (bicyclic) bond motifs is 1. The number of Topliss-reactive ketones (excluding diaryl/α,β-unsaturated/α-hetero) is 1. The molecule has 6 rings (SSSR count). The lowest BCUT2D eigenvalue weighted by Gasteiger charge is -2.23. The lowest BCUT2D eigenvalue weighted by atomic mass is 9.95. The highest BCUT2D eigenvalue weighted by Gasteiger charge is 2.48. The first-order valence-electron chi connectivity index (χ1n) is 14.1. The summed E-state index contributed by atoms with van der Waals surface area (Å²) in [5, 5.41) is 21.1. The zero-order valence-corrected chi connectivity index (χ0v) is 26.1. The van der Waals surface area contributed by atoms with Crippen molar-refractivity contribution in [2.45, 2.75) is 35.9 Å². The molecule has 226 valence electrons. The molecule has 3 heterocycles. The van der Waals surface area contributed by atoms with Crippen molar-refractivity contribution < 1.29 is 28.9 Å². The Hall–Kier alpha value is -4.06. The second-order valence-electron chi connectivity index (χ2n) is 10.0. The van der Waals surface area contributed by atoms with Crippen LogP contribution < -0.4 is 19.1 Å². The van der Waals surface area contributed by atoms with Gasteiger partial charge in [-0.15, -0.1) is 10.2 Å². The van der Waals surface area contributed by atoms with Gasteiger partial charge in [0.15, 0.2) is 15.8 Å². The van der Waals surface area contributed by atoms with Crippen molar-refractivity contribution in [3.05, 3.63) is 94.0 Å². The third-order valence-corrected chi connectivity index (χ3v) is 9.58. The van der Waals surface area contributed by atoms with Gasteiger partial charge in [-0.1, -0.05) is 78.4 Å². The van der Waals surface area contributed by atoms with Crippen LogP contribution in [-0.2, 0) is 15.3 Å². The Bertz CT molecular complexity index is 1740. The minimum absolute atomic E-state index is 0.0714. The first kappa shape index (κ1) is 30.0. The maximum Gasteiger partial charge on any atom is 0.301 e. The molecule has 1 atom stereocenters. The first-order valence-corrected chi connectivity index (χ1v) is 16.3. The van der Waals surface area contributed by atoms with Gasteiger partial charge in [-0.05, 0) is 53.9 Å². The minimum atomic E-state index is -0.979. The van der Waals surface area contributed by atoms with E-state index >= 15 is 0 Å². The van der Waals surface area contributed by atoms with Crippen LogP contribution in [0.2, 0.25) is 5.02 Å². The highest BCUT2D eigenvalue weighted by Crippen LogP contribution is 2.45. The number of rotatable bonds is 10. The maximum atomic E-state index is 13.7. The van der Waals surface area contributed by atoms with Crippen LogP contribution in [0.5, 0.6) is 17.2 Å². The molecule has 1 amide bonds. The van der Waals surface area contributed by atoms with Crippen LogP contribution in [0.25, 0.3) is 5.76 Å². The quantitative estimate of drug-likeness (QED) is 0.0482. The molecule has 1 unspecified atom stereocenters. The maximum absolute atomic E-state index is 13.7. The molecule has 1 aromatic heterocycles. The number of thioether (sulfide) groups is 1. The fourth-order valence-electron chi connectivity index (χ4n) is 4.91. The number of ketones is 1. The molecule has 12 heteroatoms. The van der Waals surface area contributed by atoms with Crippen molar-refractivity contribution >= 4 is 57.3 Å². The molecule has 2 aliphatic heterocycles. The van der Waals surface area contributed by atoms with Crippen molar-refractivity contribution in [3.8, 4) is 17.2 Å². The van der Waals surface area contributed by atoms with Crippen LogP contribution in [0.3, 0.4) is 0 Å². The molecule has 0 radical (unpaired) electrons. The Balaban J connectivity index is 1.39. The van der Waals surface area contributed by atoms with E-state index in [1.165, 1.54) is 28.0 Å². The summed E-state index contributed by atoms with van der Waals surface area (Å²) in [4.78, 5) is 28.6. The lowest BCUT2D eigenvalue weighted by Crippen LogP contribution is -2.29. The SMILES string of the molecule is CCCCOc1cccc(C2/C(=C(/O)c3ccc4c(c3)OCCO4)C(=O)C(=O)N2c2nnc(SCc3ccccc3Cl)s2)c1. The Morgan fingerprint density at radius 1 is 1.07 bits per heavy atom. The van der Waals surface area contributed by atoms with E-state index in [9.17, 15) is 14.7 Å². The molecule has 0 saturated carbocycles. The molecule has 0 aliphatic carbocycles. The number of hydrogen-bond acceptors (Lipinski definition) is 10. The van der Waals surface area contributed by atoms with Crippen molar-refractivity contribution in [1.82, 2.24) is 10.2 Å². The fourth-order valence-corrected chi connectivity index (χ4v) is 7.07. The van der Waals surface area contributed by atoms with E-state index in [-0.39, 0.29) is 16.5 Å². The molecule has 2 aliphatic rings. The van der Waals surface area contributed by atoms with Gasteiger partial charge in [0.05, 0.1) is 18.2 Å². The molecule has 0 bridgehead atoms. The van der Waals surface area contributed by atoms with Gasteiger partial charge in [0.25, 0.3) is 5.78 Å². The molecule has 1 saturated heterocycles. The zero-order chi connectivity index (χ0) is 30.6. The van der Waals surface area contributed by atoms with Crippen LogP contribution in [-0.4, -0.2) is 46.8 Å². The summed E-state index contributed by atoms with van der Waals surface area (Å²) in [6.07, 6.45) is 1.86. The van der Waals surface area contributed by atoms with E-state index in [0.717, 1.165) is 18.4 Å². The Morgan fingerprint density at radius 3 is 2.70 bits per heavy atom. The number of nitrogens with zero attached hydrogens (tertiary/aromatic N) is 3. The van der Waals surface area contributed by atoms with Gasteiger partial charge in [-0.25, -0.2) is 0 Å². The van der Waals surface area contributed by atoms with Crippen LogP contribution in [0, 0.1) is 0 Å². The summed E-state index contributed by atoms with van der Waals surface area (Å²) in [6, 6.07) is 18.7. The minimum Gasteiger partial charge on any atom is -0.507 e. The predicted octanol–water partition coefficient (Wildman–Crippen LogP) is 7.06. The molecule has 1 fully saturated rings. The molecular formula is C32H28ClN3O6S2. The molecular weight excluding hydrogens is 622 g/mol. The van der Waals surface area contributed by atoms with Crippen molar-refractivity contribution in [1.29, 1.82) is 0 Å². The average Bonchev–Trinajstić information content (AvgIpc) is 3.62. The monoisotopic (exact) mass is 649 g/mol. The topological polar surface area (TPSA) is 111 Å². The van der Waals surface area contributed by atoms with E-state index in [1.807, 2.05) is 30.3 Å². The van der Waals surface area contributed by atoms with E-state index in [4.69, 9.17) is 25.8 Å². The molecule has 0 spiro atoms. The molecule has 44 heavy (non-hydrogen) atoms. The highest BCUT2D eigenvalue weighted by atomic mass is 35.5. The Kier molecular flexibility index (Phi) is 9.06. The number of halogens is 1. The van der Waals surface area contributed by atoms with Gasteiger partial charge in [-0.2, -0.15) is 0 Å². The largest absolute Gasteiger partial charge is 0.507 e. The van der Waals surface area contributed by atoms with Gasteiger partial charge in [0.2, 0.25) is 5.13 Å². The summed E-state index contributed by atoms with van der Waals surface area (Å²) in [5.41, 5.74) is 1.77. The molecule has 9 nitrogen and oxygen atoms in total. The standard InChI is InChI=1S/C32H28ClN3O6S2/c1-2-3-13-40-22-9-6-8-19(16-22)27-26(28(37)20-11-12-24-25(17-20)42-15-14-41-24)29(38)30(39)36(27)31-34-35-32(44-31)43-18-21-7-4-5-10-23(21)33/h4-12,16-17,27,37H,2-3,13-15,18H2,1H3/b28-26-. The smallest absolute Gasteiger partial charge is 0.301 e. The number of carbonyl (C=O) groups is 2. The third-order valence-electron chi connectivity index (χ3n) is 7.11. The number of benzene rings is 3. The molecule has 1 N–H and O–H groups in total. The van der Waals surface area contributed by atoms with Crippen molar-refractivity contribution in [2.75, 3.05) is 24.7 Å². The van der Waals surface area contributed by atoms with Crippen LogP contribution in [0.15, 0.2) is 76.6 Å². The second kappa shape index (κ2) is 13.3. The normalized spacial score (nSPS) is 17.2. The number of aliphatic hydroxyl groups is 1. The van der Waals surface area contributed by atoms with Crippen LogP contribution >= 0.6 is 34.7 Å². The van der Waals surface area contributed by atoms with Gasteiger partial charge >= 0.3 is 5.91 Å². The summed E-state index contributed by atoms with van der Waals surface area (Å²) in [6.45, 7) is 3.38. The first-order chi connectivity index (χ1) is 21.4. The number of hydrogen-bond donors (Lipinski definition) is 1. The van der Waals surface area contributed by atoms with Gasteiger partial charge in [0, 0.05) is 16.3 Å². The summed E-state index contributed by atoms with van der Waals surface area (Å²) >= 11 is 8.93. The van der Waals surface area contributed by atoms with Gasteiger partial charge in [0.1, 0.15) is 24.7 Å². The Morgan fingerprint density at radius 2 is 1.89 bits per heavy atom. The van der Waals surface area contributed by atoms with Crippen molar-refractivity contribution in [2.24, 2.45) is 0 Å². The summed E-state index contributed by atoms with van der Waals surface area (Å²) < 4.78 is 17.8. The van der Waals surface area contributed by atoms with Gasteiger partial charge < -0.3 is 19.3 Å². The van der Waals surface area contributed by atoms with Crippen LogP contribution in [0.1, 0.15) is 42.5 Å². The Labute approximate surface area is 267 Å². The molecule has 4 aromatic rings. The number of aliphatic hydroxyl groups excluding tert-OH is 1. The summed E-state index contributed by atoms with van der Waals surface area (Å²) in [5.74, 6) is 0.152. The number of aromatic nitrogens is 2. The van der Waals surface area contributed by atoms with E-state index in [0.29, 0.717) is 63.3 Å². The lowest BCUT2D eigenvalue weighted by molar-refractivity contribution is -0.132. The second-order valence-corrected chi connectivity index (χ2v) is 12.6. The van der Waals surface area contributed by atoms with E-state index in [1.54, 1.807) is 36.4 Å². The average molecular weight is 650 g/mol. The van der Waals surface area contributed by atoms with E-state index < -0.39 is 17.7 Å². The number of amides is 1. The number of ether oxygens (including phenoxy) is 3. The predicted molar refractivity (Wildman–Crippen MR) is 170 cm³/mol. The highest BCUT2D eigenvalue weighted by molar-refractivity contribution is 8.00. The molecule has 3 aromatic carbocycles. The number of carbonyl (C=O) groups excluding carboxylic acids is 2. The summed E-state index contributed by atoms with van der Waals surface area (Å²) in [7, 11) is 0. The van der Waals surface area contributed by atoms with Crippen molar-refractivity contribution in [3.63, 3.8) is 0 Å². The number of anilines is 1. The number of unbranched alkanes of at least 4 members (excludes halogenated alkanes) is 1.